The van der Waals surface area contributed by atoms with Crippen LogP contribution in [0.1, 0.15) is 86.1 Å². The summed E-state index contributed by atoms with van der Waals surface area (Å²) < 4.78 is 107. The normalized spacial score (nSPS) is 13.3. The van der Waals surface area contributed by atoms with E-state index in [0.29, 0.717) is 46.1 Å². The van der Waals surface area contributed by atoms with Crippen molar-refractivity contribution in [3.05, 3.63) is 88.7 Å². The minimum Gasteiger partial charge on any atom is -0.550 e. The third-order valence-corrected chi connectivity index (χ3v) is 9.24. The fourth-order valence-electron chi connectivity index (χ4n) is 6.40. The van der Waals surface area contributed by atoms with Crippen LogP contribution in [0.3, 0.4) is 0 Å². The number of methoxy groups -OCH3 is 2. The van der Waals surface area contributed by atoms with Crippen LogP contribution < -0.4 is 58.5 Å². The van der Waals surface area contributed by atoms with Crippen molar-refractivity contribution in [3.63, 3.8) is 0 Å². The number of hydrogen-bond acceptors (Lipinski definition) is 9. The van der Waals surface area contributed by atoms with Crippen LogP contribution in [0.5, 0.6) is 23.0 Å². The van der Waals surface area contributed by atoms with E-state index < -0.39 is 36.0 Å². The Labute approximate surface area is 343 Å². The van der Waals surface area contributed by atoms with Crippen molar-refractivity contribution in [2.75, 3.05) is 25.7 Å². The van der Waals surface area contributed by atoms with Crippen LogP contribution in [-0.4, -0.2) is 42.9 Å². The summed E-state index contributed by atoms with van der Waals surface area (Å²) in [6.07, 6.45) is -3.87. The molecule has 9 nitrogen and oxygen atoms in total. The van der Waals surface area contributed by atoms with Crippen molar-refractivity contribution in [2.45, 2.75) is 89.8 Å². The molecule has 3 aromatic carbocycles. The molecule has 56 heavy (non-hydrogen) atoms. The van der Waals surface area contributed by atoms with Gasteiger partial charge in [0.1, 0.15) is 5.75 Å². The van der Waals surface area contributed by atoms with E-state index in [1.807, 2.05) is 38.1 Å². The van der Waals surface area contributed by atoms with Crippen molar-refractivity contribution in [3.8, 4) is 34.1 Å². The minimum atomic E-state index is -5.05. The molecule has 5 rings (SSSR count). The average molecular weight is 798 g/mol. The van der Waals surface area contributed by atoms with Crippen molar-refractivity contribution >= 4 is 11.9 Å². The molecule has 1 heterocycles. The number of aromatic nitrogens is 2. The summed E-state index contributed by atoms with van der Waals surface area (Å²) >= 11 is 0. The number of alkyl halides is 6. The molecule has 0 atom stereocenters. The molecule has 0 aliphatic heterocycles. The van der Waals surface area contributed by atoms with Crippen molar-refractivity contribution < 1.29 is 84.7 Å². The Hall–Kier alpha value is -4.21. The van der Waals surface area contributed by atoms with E-state index >= 15 is 0 Å². The van der Waals surface area contributed by atoms with E-state index in [1.54, 1.807) is 6.07 Å². The van der Waals surface area contributed by atoms with Gasteiger partial charge in [-0.05, 0) is 109 Å². The van der Waals surface area contributed by atoms with Gasteiger partial charge in [-0.1, -0.05) is 19.9 Å². The standard InChI is InChI=1S/C40H43F6N3O6.Na/c1-24(2)26-11-12-34(52-3)33(16-26)32-19-36(55-30-8-5-6-9-30)35(53-4)17-27(32)23-49(38-47-20-31(21-48-38)54-13-7-10-37(50)51)22-25-14-28(39(41,42)43)18-29(15-25)40(44,45)46;/h11-12,14-21,24,30H,5-10,13,22-23H2,1-4H3,(H,50,51);/q;+1/p-1. The van der Waals surface area contributed by atoms with E-state index in [4.69, 9.17) is 18.9 Å². The van der Waals surface area contributed by atoms with Gasteiger partial charge in [-0.2, -0.15) is 26.3 Å². The van der Waals surface area contributed by atoms with Gasteiger partial charge in [-0.25, -0.2) is 9.97 Å². The quantitative estimate of drug-likeness (QED) is 0.0795. The fraction of sp³-hybridized carbons (Fsp3) is 0.425. The molecule has 1 saturated carbocycles. The Morgan fingerprint density at radius 3 is 2.02 bits per heavy atom. The Bertz CT molecular complexity index is 1900. The smallest absolute Gasteiger partial charge is 0.550 e. The predicted molar refractivity (Wildman–Crippen MR) is 190 cm³/mol. The Balaban J connectivity index is 0.00000696. The van der Waals surface area contributed by atoms with Gasteiger partial charge in [0.15, 0.2) is 17.2 Å². The molecule has 1 aliphatic rings. The second kappa shape index (κ2) is 19.3. The van der Waals surface area contributed by atoms with Crippen LogP contribution in [0.25, 0.3) is 11.1 Å². The molecule has 0 amide bonds. The number of anilines is 1. The molecule has 0 bridgehead atoms. The predicted octanol–water partition coefficient (Wildman–Crippen LogP) is 5.76. The third kappa shape index (κ3) is 11.7. The number of benzene rings is 3. The van der Waals surface area contributed by atoms with Crippen LogP contribution in [0.4, 0.5) is 32.3 Å². The number of carbonyl (C=O) groups excluding carboxylic acids is 1. The molecule has 1 aliphatic carbocycles. The SMILES string of the molecule is COc1cc(CN(Cc2cc(C(F)(F)F)cc(C(F)(F)F)c2)c2ncc(OCCCC(=O)[O-])cn2)c(-c2cc(C(C)C)ccc2OC)cc1OC1CCCC1.[Na+]. The Kier molecular flexibility index (Phi) is 15.3. The first-order valence-electron chi connectivity index (χ1n) is 17.8. The van der Waals surface area contributed by atoms with Crippen LogP contribution >= 0.6 is 0 Å². The van der Waals surface area contributed by atoms with Crippen LogP contribution in [0.15, 0.2) is 60.9 Å². The Morgan fingerprint density at radius 2 is 1.46 bits per heavy atom. The van der Waals surface area contributed by atoms with Crippen LogP contribution in [-0.2, 0) is 30.2 Å². The van der Waals surface area contributed by atoms with Crippen molar-refractivity contribution in [2.24, 2.45) is 0 Å². The van der Waals surface area contributed by atoms with Gasteiger partial charge in [0.2, 0.25) is 5.95 Å². The van der Waals surface area contributed by atoms with E-state index in [2.05, 4.69) is 9.97 Å². The summed E-state index contributed by atoms with van der Waals surface area (Å²) in [6, 6.07) is 10.7. The molecule has 0 spiro atoms. The molecule has 4 aromatic rings. The maximum atomic E-state index is 13.9. The first-order valence-corrected chi connectivity index (χ1v) is 17.8. The topological polar surface area (TPSA) is 106 Å². The van der Waals surface area contributed by atoms with Crippen molar-refractivity contribution in [1.82, 2.24) is 9.97 Å². The molecular weight excluding hydrogens is 755 g/mol. The van der Waals surface area contributed by atoms with Gasteiger partial charge in [-0.15, -0.1) is 0 Å². The summed E-state index contributed by atoms with van der Waals surface area (Å²) in [6.45, 7) is 3.50. The zero-order chi connectivity index (χ0) is 39.9. The maximum Gasteiger partial charge on any atom is 1.00 e. The third-order valence-electron chi connectivity index (χ3n) is 9.24. The van der Waals surface area contributed by atoms with Gasteiger partial charge >= 0.3 is 41.9 Å². The number of carbonyl (C=O) groups is 1. The molecule has 0 N–H and O–H groups in total. The molecule has 0 unspecified atom stereocenters. The van der Waals surface area contributed by atoms with Crippen LogP contribution in [0.2, 0.25) is 0 Å². The van der Waals surface area contributed by atoms with Gasteiger partial charge in [0, 0.05) is 24.6 Å². The summed E-state index contributed by atoms with van der Waals surface area (Å²) in [4.78, 5) is 21.0. The molecule has 1 aromatic heterocycles. The molecule has 0 radical (unpaired) electrons. The number of carboxylic acid groups (broad SMARTS) is 1. The molecule has 1 fully saturated rings. The number of carboxylic acids is 1. The summed E-state index contributed by atoms with van der Waals surface area (Å²) in [5.41, 5.74) is -0.330. The average Bonchev–Trinajstić information content (AvgIpc) is 3.65. The Morgan fingerprint density at radius 1 is 0.839 bits per heavy atom. The zero-order valence-electron chi connectivity index (χ0n) is 31.9. The second-order valence-corrected chi connectivity index (χ2v) is 13.6. The largest absolute Gasteiger partial charge is 1.00 e. The minimum absolute atomic E-state index is 0. The van der Waals surface area contributed by atoms with Gasteiger partial charge in [-0.3, -0.25) is 0 Å². The molecular formula is C40H42F6N3NaO6. The van der Waals surface area contributed by atoms with Gasteiger partial charge < -0.3 is 33.7 Å². The number of ether oxygens (including phenoxy) is 4. The number of halogens is 6. The fourth-order valence-corrected chi connectivity index (χ4v) is 6.40. The monoisotopic (exact) mass is 797 g/mol. The van der Waals surface area contributed by atoms with E-state index in [-0.39, 0.29) is 90.9 Å². The molecule has 0 saturated heterocycles. The van der Waals surface area contributed by atoms with E-state index in [0.717, 1.165) is 31.2 Å². The molecule has 296 valence electrons. The van der Waals surface area contributed by atoms with Gasteiger partial charge in [0.25, 0.3) is 0 Å². The van der Waals surface area contributed by atoms with Crippen LogP contribution in [0, 0.1) is 0 Å². The molecule has 16 heteroatoms. The first kappa shape index (κ1) is 44.5. The number of nitrogens with zero attached hydrogens (tertiary/aromatic N) is 3. The number of rotatable bonds is 16. The summed E-state index contributed by atoms with van der Waals surface area (Å²) in [7, 11) is 3.01. The van der Waals surface area contributed by atoms with E-state index in [9.17, 15) is 36.2 Å². The second-order valence-electron chi connectivity index (χ2n) is 13.6. The zero-order valence-corrected chi connectivity index (χ0v) is 33.9. The van der Waals surface area contributed by atoms with Crippen molar-refractivity contribution in [1.29, 1.82) is 0 Å². The maximum absolute atomic E-state index is 13.9. The number of aliphatic carboxylic acids is 1. The summed E-state index contributed by atoms with van der Waals surface area (Å²) in [5, 5.41) is 10.8. The first-order chi connectivity index (χ1) is 26.0. The van der Waals surface area contributed by atoms with E-state index in [1.165, 1.54) is 31.5 Å². The summed E-state index contributed by atoms with van der Waals surface area (Å²) in [5.74, 6) is 0.412. The number of hydrogen-bond donors (Lipinski definition) is 0. The van der Waals surface area contributed by atoms with Gasteiger partial charge in [0.05, 0.1) is 50.5 Å².